The molecule has 2 N–H and O–H groups in total. The number of hydrogen-bond donors (Lipinski definition) is 2. The fraction of sp³-hybridized carbons (Fsp3) is 0.417. The maximum absolute atomic E-state index is 12.2. The summed E-state index contributed by atoms with van der Waals surface area (Å²) in [5, 5.41) is 17.7. The maximum Gasteiger partial charge on any atom is 0.338 e. The predicted molar refractivity (Wildman–Crippen MR) is 142 cm³/mol. The molecule has 2 aliphatic rings. The van der Waals surface area contributed by atoms with Crippen LogP contribution in [0, 0.1) is 10.8 Å². The Morgan fingerprint density at radius 1 is 0.647 bits per heavy atom. The van der Waals surface area contributed by atoms with Crippen LogP contribution >= 0.6 is 43.2 Å². The number of aliphatic hydroxyl groups is 2. The highest BCUT2D eigenvalue weighted by Crippen LogP contribution is 2.44. The number of rotatable bonds is 8. The van der Waals surface area contributed by atoms with E-state index in [4.69, 9.17) is 19.7 Å². The average Bonchev–Trinajstić information content (AvgIpc) is 3.58. The summed E-state index contributed by atoms with van der Waals surface area (Å²) in [6.45, 7) is 0.707. The van der Waals surface area contributed by atoms with Crippen LogP contribution in [-0.2, 0) is 9.47 Å². The van der Waals surface area contributed by atoms with Crippen molar-refractivity contribution in [3.63, 3.8) is 0 Å². The Hall–Kier alpha value is -1.30. The molecule has 0 aromatic heterocycles. The minimum absolute atomic E-state index is 0.115. The highest BCUT2D eigenvalue weighted by molar-refractivity contribution is 8.77. The van der Waals surface area contributed by atoms with Crippen LogP contribution in [0.15, 0.2) is 60.7 Å². The smallest absolute Gasteiger partial charge is 0.338 e. The monoisotopic (exact) mass is 540 g/mol. The molecule has 0 unspecified atom stereocenters. The predicted octanol–water partition coefficient (Wildman–Crippen LogP) is 4.43. The van der Waals surface area contributed by atoms with Crippen molar-refractivity contribution < 1.29 is 29.3 Å². The summed E-state index contributed by atoms with van der Waals surface area (Å²) in [5.74, 6) is 2.62. The Morgan fingerprint density at radius 2 is 1.00 bits per heavy atom. The molecule has 34 heavy (non-hydrogen) atoms. The van der Waals surface area contributed by atoms with Crippen molar-refractivity contribution in [3.05, 3.63) is 71.8 Å². The first-order chi connectivity index (χ1) is 16.5. The van der Waals surface area contributed by atoms with Gasteiger partial charge in [-0.25, -0.2) is 9.59 Å². The number of hydrogen-bond acceptors (Lipinski definition) is 10. The van der Waals surface area contributed by atoms with E-state index >= 15 is 0 Å². The molecular weight excluding hydrogens is 513 g/mol. The number of aliphatic hydroxyl groups excluding tert-OH is 2. The number of benzene rings is 2. The van der Waals surface area contributed by atoms with Crippen molar-refractivity contribution in [2.45, 2.75) is 0 Å². The molecule has 6 nitrogen and oxygen atoms in total. The van der Waals surface area contributed by atoms with Crippen molar-refractivity contribution in [1.82, 2.24) is 0 Å². The Labute approximate surface area is 215 Å². The van der Waals surface area contributed by atoms with Gasteiger partial charge >= 0.3 is 11.9 Å². The Balaban J connectivity index is 0.000000302. The van der Waals surface area contributed by atoms with Crippen molar-refractivity contribution in [1.29, 1.82) is 0 Å². The summed E-state index contributed by atoms with van der Waals surface area (Å²) in [4.78, 5) is 24.3. The minimum Gasteiger partial charge on any atom is -0.461 e. The van der Waals surface area contributed by atoms with Gasteiger partial charge in [0.1, 0.15) is 13.2 Å². The zero-order valence-corrected chi connectivity index (χ0v) is 21.9. The van der Waals surface area contributed by atoms with Gasteiger partial charge in [0.05, 0.1) is 29.8 Å². The van der Waals surface area contributed by atoms with E-state index in [1.165, 1.54) is 0 Å². The van der Waals surface area contributed by atoms with Gasteiger partial charge in [-0.1, -0.05) is 79.6 Å². The maximum atomic E-state index is 12.2. The molecule has 2 heterocycles. The summed E-state index contributed by atoms with van der Waals surface area (Å²) in [6, 6.07) is 17.8. The van der Waals surface area contributed by atoms with E-state index in [1.807, 2.05) is 12.1 Å². The summed E-state index contributed by atoms with van der Waals surface area (Å²) in [6.07, 6.45) is 0. The van der Waals surface area contributed by atoms with Gasteiger partial charge in [0.15, 0.2) is 0 Å². The number of ether oxygens (including phenoxy) is 2. The fourth-order valence-corrected chi connectivity index (χ4v) is 9.64. The topological polar surface area (TPSA) is 93.1 Å². The molecule has 2 saturated heterocycles. The van der Waals surface area contributed by atoms with Gasteiger partial charge in [-0.15, -0.1) is 0 Å². The first-order valence-electron chi connectivity index (χ1n) is 10.7. The van der Waals surface area contributed by atoms with Crippen molar-refractivity contribution in [2.75, 3.05) is 49.4 Å². The second-order valence-electron chi connectivity index (χ2n) is 8.25. The van der Waals surface area contributed by atoms with Crippen molar-refractivity contribution >= 4 is 55.1 Å². The second-order valence-corrected chi connectivity index (χ2v) is 13.2. The Bertz CT molecular complexity index is 837. The van der Waals surface area contributed by atoms with Crippen LogP contribution in [0.2, 0.25) is 0 Å². The lowest BCUT2D eigenvalue weighted by Gasteiger charge is -2.26. The van der Waals surface area contributed by atoms with Crippen molar-refractivity contribution in [3.8, 4) is 0 Å². The van der Waals surface area contributed by atoms with Gasteiger partial charge in [-0.2, -0.15) is 0 Å². The molecule has 0 saturated carbocycles. The minimum atomic E-state index is -0.351. The van der Waals surface area contributed by atoms with Gasteiger partial charge in [0.25, 0.3) is 0 Å². The molecule has 4 rings (SSSR count). The van der Waals surface area contributed by atoms with Crippen LogP contribution in [0.1, 0.15) is 20.7 Å². The second kappa shape index (κ2) is 13.7. The van der Waals surface area contributed by atoms with Crippen molar-refractivity contribution in [2.24, 2.45) is 10.8 Å². The largest absolute Gasteiger partial charge is 0.461 e. The van der Waals surface area contributed by atoms with Crippen LogP contribution in [0.25, 0.3) is 0 Å². The number of carbonyl (C=O) groups excluding carboxylic acids is 2. The third-order valence-electron chi connectivity index (χ3n) is 5.34. The SMILES string of the molecule is O=C(OCC1(COC(=O)c2ccccc2)CSSC1)c1ccccc1.OCC1(CO)CSSC1. The third-order valence-corrected chi connectivity index (χ3v) is 11.0. The summed E-state index contributed by atoms with van der Waals surface area (Å²) in [5.41, 5.74) is 0.522. The Kier molecular flexibility index (Phi) is 11.0. The molecule has 0 atom stereocenters. The first-order valence-corrected chi connectivity index (χ1v) is 15.6. The molecule has 0 bridgehead atoms. The molecule has 0 radical (unpaired) electrons. The lowest BCUT2D eigenvalue weighted by molar-refractivity contribution is 0.00945. The van der Waals surface area contributed by atoms with Gasteiger partial charge in [-0.05, 0) is 24.3 Å². The lowest BCUT2D eigenvalue weighted by Crippen LogP contribution is -2.36. The van der Waals surface area contributed by atoms with Crippen LogP contribution < -0.4 is 0 Å². The van der Waals surface area contributed by atoms with E-state index in [0.29, 0.717) is 11.1 Å². The van der Waals surface area contributed by atoms with Gasteiger partial charge in [0, 0.05) is 28.4 Å². The standard InChI is InChI=1S/C19H18O4S2.C5H10O2S2/c20-17(15-7-3-1-4-8-15)22-11-19(13-24-25-14-19)12-23-18(21)16-9-5-2-6-10-16;6-1-5(2-7)3-8-9-4-5/h1-10H,11-14H2;6-7H,1-4H2. The molecule has 2 aromatic carbocycles. The third kappa shape index (κ3) is 7.86. The van der Waals surface area contributed by atoms with E-state index in [2.05, 4.69) is 0 Å². The van der Waals surface area contributed by atoms with Crippen LogP contribution in [0.4, 0.5) is 0 Å². The summed E-state index contributed by atoms with van der Waals surface area (Å²) in [7, 11) is 6.87. The number of esters is 2. The molecule has 0 spiro atoms. The molecule has 10 heteroatoms. The molecule has 184 valence electrons. The molecule has 2 aromatic rings. The number of carbonyl (C=O) groups is 2. The fourth-order valence-electron chi connectivity index (χ4n) is 2.94. The zero-order valence-electron chi connectivity index (χ0n) is 18.6. The quantitative estimate of drug-likeness (QED) is 0.370. The zero-order chi connectivity index (χ0) is 24.3. The van der Waals surface area contributed by atoms with E-state index in [9.17, 15) is 9.59 Å². The highest BCUT2D eigenvalue weighted by Gasteiger charge is 2.38. The van der Waals surface area contributed by atoms with E-state index in [0.717, 1.165) is 23.0 Å². The van der Waals surface area contributed by atoms with Crippen LogP contribution in [-0.4, -0.2) is 71.6 Å². The molecule has 0 aliphatic carbocycles. The first kappa shape index (κ1) is 27.3. The van der Waals surface area contributed by atoms with Crippen LogP contribution in [0.5, 0.6) is 0 Å². The highest BCUT2D eigenvalue weighted by atomic mass is 33.1. The summed E-state index contributed by atoms with van der Waals surface area (Å²) >= 11 is 0. The van der Waals surface area contributed by atoms with E-state index in [1.54, 1.807) is 91.7 Å². The molecule has 2 fully saturated rings. The molecular formula is C24H28O6S4. The van der Waals surface area contributed by atoms with E-state index in [-0.39, 0.29) is 49.2 Å². The molecule has 0 amide bonds. The van der Waals surface area contributed by atoms with Gasteiger partial charge < -0.3 is 19.7 Å². The molecule has 2 aliphatic heterocycles. The van der Waals surface area contributed by atoms with Gasteiger partial charge in [0.2, 0.25) is 0 Å². The van der Waals surface area contributed by atoms with Gasteiger partial charge in [-0.3, -0.25) is 0 Å². The normalized spacial score (nSPS) is 17.9. The van der Waals surface area contributed by atoms with Crippen LogP contribution in [0.3, 0.4) is 0 Å². The lowest BCUT2D eigenvalue weighted by atomic mass is 9.95. The van der Waals surface area contributed by atoms with E-state index < -0.39 is 0 Å². The Morgan fingerprint density at radius 3 is 1.32 bits per heavy atom. The average molecular weight is 541 g/mol. The summed E-state index contributed by atoms with van der Waals surface area (Å²) < 4.78 is 11.0.